The molecule has 3 N–H and O–H groups in total. The fourth-order valence-corrected chi connectivity index (χ4v) is 1.73. The summed E-state index contributed by atoms with van der Waals surface area (Å²) in [6.45, 7) is 3.14. The number of hydrogen-bond donors (Lipinski definition) is 2. The molecule has 0 bridgehead atoms. The van der Waals surface area contributed by atoms with Crippen LogP contribution in [0.15, 0.2) is 4.52 Å². The zero-order valence-corrected chi connectivity index (χ0v) is 11.9. The number of hydrogen-bond acceptors (Lipinski definition) is 4. The molecule has 1 aromatic rings. The molecule has 0 aliphatic rings. The summed E-state index contributed by atoms with van der Waals surface area (Å²) < 4.78 is 4.81. The number of carbonyl (C=O) groups is 1. The molecule has 1 amide bonds. The summed E-state index contributed by atoms with van der Waals surface area (Å²) in [5, 5.41) is 6.83. The van der Waals surface area contributed by atoms with Crippen molar-refractivity contribution >= 4 is 29.9 Å². The van der Waals surface area contributed by atoms with Gasteiger partial charge >= 0.3 is 0 Å². The molecule has 18 heavy (non-hydrogen) atoms. The van der Waals surface area contributed by atoms with Crippen LogP contribution in [-0.4, -0.2) is 24.2 Å². The van der Waals surface area contributed by atoms with Crippen LogP contribution in [0.3, 0.4) is 0 Å². The minimum Gasteiger partial charge on any atom is -0.356 e. The number of amides is 1. The largest absolute Gasteiger partial charge is 0.356 e. The van der Waals surface area contributed by atoms with E-state index in [1.54, 1.807) is 0 Å². The van der Waals surface area contributed by atoms with Crippen LogP contribution in [-0.2, 0) is 11.2 Å². The average molecular weight is 296 g/mol. The van der Waals surface area contributed by atoms with E-state index in [2.05, 4.69) is 10.5 Å². The third-order valence-electron chi connectivity index (χ3n) is 2.49. The molecule has 0 aromatic carbocycles. The second-order valence-corrected chi connectivity index (χ2v) is 4.21. The van der Waals surface area contributed by atoms with E-state index in [-0.39, 0.29) is 23.5 Å². The van der Waals surface area contributed by atoms with Crippen LogP contribution in [0.4, 0.5) is 0 Å². The van der Waals surface area contributed by atoms with Gasteiger partial charge in [0.1, 0.15) is 0 Å². The normalized spacial score (nSPS) is 9.94. The van der Waals surface area contributed by atoms with E-state index in [0.29, 0.717) is 25.9 Å². The van der Waals surface area contributed by atoms with Gasteiger partial charge in [-0.15, -0.1) is 12.4 Å². The van der Waals surface area contributed by atoms with Gasteiger partial charge in [-0.25, -0.2) is 0 Å². The summed E-state index contributed by atoms with van der Waals surface area (Å²) in [5.74, 6) is 0.0127. The van der Waals surface area contributed by atoms with Gasteiger partial charge in [0.05, 0.1) is 5.69 Å². The van der Waals surface area contributed by atoms with Crippen LogP contribution in [0.2, 0.25) is 5.22 Å². The van der Waals surface area contributed by atoms with E-state index >= 15 is 0 Å². The van der Waals surface area contributed by atoms with Crippen LogP contribution in [0, 0.1) is 6.92 Å². The van der Waals surface area contributed by atoms with Gasteiger partial charge in [0.15, 0.2) is 0 Å². The lowest BCUT2D eigenvalue weighted by molar-refractivity contribution is -0.121. The van der Waals surface area contributed by atoms with E-state index in [1.807, 2.05) is 6.92 Å². The van der Waals surface area contributed by atoms with Crippen molar-refractivity contribution in [3.8, 4) is 0 Å². The highest BCUT2D eigenvalue weighted by Crippen LogP contribution is 2.20. The molecule has 0 atom stereocenters. The predicted octanol–water partition coefficient (Wildman–Crippen LogP) is 1.85. The summed E-state index contributed by atoms with van der Waals surface area (Å²) in [6.07, 6.45) is 2.79. The second-order valence-electron chi connectivity index (χ2n) is 3.87. The van der Waals surface area contributed by atoms with E-state index in [4.69, 9.17) is 21.9 Å². The first-order chi connectivity index (χ1) is 8.15. The lowest BCUT2D eigenvalue weighted by Crippen LogP contribution is -2.25. The van der Waals surface area contributed by atoms with E-state index in [0.717, 1.165) is 24.1 Å². The van der Waals surface area contributed by atoms with Crippen molar-refractivity contribution in [1.82, 2.24) is 10.5 Å². The lowest BCUT2D eigenvalue weighted by atomic mass is 10.1. The monoisotopic (exact) mass is 295 g/mol. The van der Waals surface area contributed by atoms with Crippen molar-refractivity contribution < 1.29 is 9.32 Å². The number of carbonyl (C=O) groups excluding carboxylic acids is 1. The Labute approximate surface area is 118 Å². The summed E-state index contributed by atoms with van der Waals surface area (Å²) in [6, 6.07) is 0. The van der Waals surface area contributed by atoms with Gasteiger partial charge < -0.3 is 15.6 Å². The zero-order valence-electron chi connectivity index (χ0n) is 10.4. The zero-order chi connectivity index (χ0) is 12.7. The van der Waals surface area contributed by atoms with Gasteiger partial charge in [0, 0.05) is 18.5 Å². The number of halogens is 2. The number of rotatable bonds is 7. The van der Waals surface area contributed by atoms with Crippen molar-refractivity contribution in [2.45, 2.75) is 32.6 Å². The predicted molar refractivity (Wildman–Crippen MR) is 73.1 cm³/mol. The second kappa shape index (κ2) is 9.19. The number of aryl methyl sites for hydroxylation is 1. The van der Waals surface area contributed by atoms with Crippen LogP contribution in [0.1, 0.15) is 30.5 Å². The molecule has 7 heteroatoms. The highest BCUT2D eigenvalue weighted by Gasteiger charge is 2.12. The Kier molecular flexibility index (Phi) is 8.79. The number of nitrogens with zero attached hydrogens (tertiary/aromatic N) is 1. The average Bonchev–Trinajstić information content (AvgIpc) is 2.62. The van der Waals surface area contributed by atoms with Gasteiger partial charge in [0.2, 0.25) is 11.1 Å². The molecule has 0 saturated carbocycles. The van der Waals surface area contributed by atoms with Gasteiger partial charge in [0.25, 0.3) is 0 Å². The Morgan fingerprint density at radius 3 is 2.78 bits per heavy atom. The third kappa shape index (κ3) is 5.71. The number of nitrogens with one attached hydrogen (secondary N) is 1. The maximum Gasteiger partial charge on any atom is 0.229 e. The van der Waals surface area contributed by atoms with Gasteiger partial charge in [-0.1, -0.05) is 5.16 Å². The van der Waals surface area contributed by atoms with Crippen molar-refractivity contribution in [1.29, 1.82) is 0 Å². The van der Waals surface area contributed by atoms with Crippen molar-refractivity contribution in [2.75, 3.05) is 13.1 Å². The van der Waals surface area contributed by atoms with Crippen LogP contribution < -0.4 is 11.1 Å². The fraction of sp³-hybridized carbons (Fsp3) is 0.636. The summed E-state index contributed by atoms with van der Waals surface area (Å²) in [5.41, 5.74) is 6.91. The van der Waals surface area contributed by atoms with Crippen molar-refractivity contribution in [2.24, 2.45) is 5.73 Å². The molecule has 0 aliphatic carbocycles. The maximum absolute atomic E-state index is 11.5. The molecule has 0 aliphatic heterocycles. The molecular weight excluding hydrogens is 277 g/mol. The molecule has 0 spiro atoms. The van der Waals surface area contributed by atoms with Crippen molar-refractivity contribution in [3.05, 3.63) is 16.5 Å². The Balaban J connectivity index is 0.00000289. The summed E-state index contributed by atoms with van der Waals surface area (Å²) >= 11 is 5.80. The molecule has 0 fully saturated rings. The van der Waals surface area contributed by atoms with Gasteiger partial charge in [-0.05, 0) is 44.3 Å². The molecule has 0 radical (unpaired) electrons. The number of unbranched alkanes of at least 4 members (excludes halogenated alkanes) is 1. The molecule has 1 aromatic heterocycles. The Hall–Kier alpha value is -0.780. The van der Waals surface area contributed by atoms with Crippen LogP contribution >= 0.6 is 24.0 Å². The smallest absolute Gasteiger partial charge is 0.229 e. The Morgan fingerprint density at radius 2 is 2.22 bits per heavy atom. The molecule has 0 unspecified atom stereocenters. The van der Waals surface area contributed by atoms with Gasteiger partial charge in [-0.2, -0.15) is 0 Å². The Bertz CT molecular complexity index is 350. The van der Waals surface area contributed by atoms with Crippen molar-refractivity contribution in [3.63, 3.8) is 0 Å². The number of aromatic nitrogens is 1. The highest BCUT2D eigenvalue weighted by atomic mass is 35.5. The maximum atomic E-state index is 11.5. The minimum absolute atomic E-state index is 0. The topological polar surface area (TPSA) is 81.2 Å². The first-order valence-electron chi connectivity index (χ1n) is 5.72. The molecule has 1 heterocycles. The first-order valence-corrected chi connectivity index (χ1v) is 6.10. The molecule has 104 valence electrons. The summed E-state index contributed by atoms with van der Waals surface area (Å²) in [7, 11) is 0. The standard InChI is InChI=1S/C11H18ClN3O2.ClH/c1-8-9(11(12)17-15-8)4-5-10(16)14-7-3-2-6-13;/h2-7,13H2,1H3,(H,14,16);1H. The van der Waals surface area contributed by atoms with Crippen LogP contribution in [0.5, 0.6) is 0 Å². The van der Waals surface area contributed by atoms with E-state index < -0.39 is 0 Å². The fourth-order valence-electron chi connectivity index (χ4n) is 1.46. The molecular formula is C11H19Cl2N3O2. The molecule has 0 saturated heterocycles. The quantitative estimate of drug-likeness (QED) is 0.752. The minimum atomic E-state index is 0. The molecule has 5 nitrogen and oxygen atoms in total. The van der Waals surface area contributed by atoms with E-state index in [9.17, 15) is 4.79 Å². The summed E-state index contributed by atoms with van der Waals surface area (Å²) in [4.78, 5) is 11.5. The molecule has 1 rings (SSSR count). The highest BCUT2D eigenvalue weighted by molar-refractivity contribution is 6.29. The van der Waals surface area contributed by atoms with Gasteiger partial charge in [-0.3, -0.25) is 4.79 Å². The lowest BCUT2D eigenvalue weighted by Gasteiger charge is -2.04. The first kappa shape index (κ1) is 17.2. The van der Waals surface area contributed by atoms with Crippen LogP contribution in [0.25, 0.3) is 0 Å². The van der Waals surface area contributed by atoms with E-state index in [1.165, 1.54) is 0 Å². The SMILES string of the molecule is Cc1noc(Cl)c1CCC(=O)NCCCCN.Cl. The third-order valence-corrected chi connectivity index (χ3v) is 2.79. The Morgan fingerprint density at radius 1 is 1.50 bits per heavy atom. The number of nitrogens with two attached hydrogens (primary N) is 1.